The monoisotopic (exact) mass is 313 g/mol. The number of benzene rings is 2. The van der Waals surface area contributed by atoms with Crippen molar-refractivity contribution in [2.45, 2.75) is 12.7 Å². The molecule has 0 atom stereocenters. The zero-order valence-corrected chi connectivity index (χ0v) is 11.3. The number of rotatable bonds is 2. The van der Waals surface area contributed by atoms with Crippen molar-refractivity contribution >= 4 is 5.97 Å². The van der Waals surface area contributed by atoms with Crippen LogP contribution in [0.5, 0.6) is 5.75 Å². The number of phenols is 1. The quantitative estimate of drug-likeness (QED) is 0.795. The average Bonchev–Trinajstić information content (AvgIpc) is 2.47. The van der Waals surface area contributed by atoms with Crippen molar-refractivity contribution < 1.29 is 28.2 Å². The smallest absolute Gasteiger partial charge is 0.490 e. The van der Waals surface area contributed by atoms with Crippen LogP contribution in [0.2, 0.25) is 0 Å². The molecule has 2 aromatic rings. The number of aliphatic carboxylic acids is 1. The Kier molecular flexibility index (Phi) is 5.94. The van der Waals surface area contributed by atoms with Gasteiger partial charge in [0.25, 0.3) is 0 Å². The number of alkyl halides is 3. The van der Waals surface area contributed by atoms with E-state index in [2.05, 4.69) is 0 Å². The molecule has 0 aromatic heterocycles. The minimum absolute atomic E-state index is 0.283. The van der Waals surface area contributed by atoms with E-state index in [0.29, 0.717) is 6.54 Å². The summed E-state index contributed by atoms with van der Waals surface area (Å²) < 4.78 is 31.7. The lowest BCUT2D eigenvalue weighted by atomic mass is 10.0. The Balaban J connectivity index is 0.000000295. The topological polar surface area (TPSA) is 83.5 Å². The second-order valence-corrected chi connectivity index (χ2v) is 4.26. The summed E-state index contributed by atoms with van der Waals surface area (Å²) >= 11 is 0. The lowest BCUT2D eigenvalue weighted by molar-refractivity contribution is -0.192. The molecule has 4 nitrogen and oxygen atoms in total. The molecular weight excluding hydrogens is 299 g/mol. The van der Waals surface area contributed by atoms with E-state index in [1.807, 2.05) is 36.4 Å². The summed E-state index contributed by atoms with van der Waals surface area (Å²) in [5.74, 6) is -2.47. The summed E-state index contributed by atoms with van der Waals surface area (Å²) in [7, 11) is 0. The Labute approximate surface area is 124 Å². The minimum atomic E-state index is -5.08. The highest BCUT2D eigenvalue weighted by atomic mass is 19.4. The molecule has 22 heavy (non-hydrogen) atoms. The first-order valence-electron chi connectivity index (χ1n) is 6.12. The SMILES string of the molecule is NCc1cccc(-c2cccc(O)c2)c1.O=C(O)C(F)(F)F. The molecule has 2 rings (SSSR count). The molecule has 0 aliphatic carbocycles. The van der Waals surface area contributed by atoms with Crippen LogP contribution in [0.4, 0.5) is 13.2 Å². The molecule has 0 spiro atoms. The number of nitrogens with two attached hydrogens (primary N) is 1. The maximum absolute atomic E-state index is 10.6. The van der Waals surface area contributed by atoms with Crippen LogP contribution in [-0.2, 0) is 11.3 Å². The van der Waals surface area contributed by atoms with Crippen LogP contribution in [0, 0.1) is 0 Å². The molecule has 4 N–H and O–H groups in total. The molecule has 0 heterocycles. The van der Waals surface area contributed by atoms with Gasteiger partial charge in [-0.05, 0) is 34.9 Å². The van der Waals surface area contributed by atoms with Crippen LogP contribution < -0.4 is 5.73 Å². The number of hydrogen-bond donors (Lipinski definition) is 3. The summed E-state index contributed by atoms with van der Waals surface area (Å²) in [5.41, 5.74) is 8.75. The highest BCUT2D eigenvalue weighted by molar-refractivity contribution is 5.73. The van der Waals surface area contributed by atoms with Crippen molar-refractivity contribution in [2.75, 3.05) is 0 Å². The van der Waals surface area contributed by atoms with E-state index in [9.17, 15) is 18.3 Å². The van der Waals surface area contributed by atoms with Gasteiger partial charge in [0.2, 0.25) is 0 Å². The van der Waals surface area contributed by atoms with Gasteiger partial charge in [0.05, 0.1) is 0 Å². The van der Waals surface area contributed by atoms with Crippen LogP contribution in [0.25, 0.3) is 11.1 Å². The Bertz CT molecular complexity index is 642. The largest absolute Gasteiger partial charge is 0.508 e. The predicted molar refractivity (Wildman–Crippen MR) is 75.1 cm³/mol. The van der Waals surface area contributed by atoms with Crippen LogP contribution in [0.15, 0.2) is 48.5 Å². The van der Waals surface area contributed by atoms with Crippen molar-refractivity contribution in [3.8, 4) is 16.9 Å². The summed E-state index contributed by atoms with van der Waals surface area (Å²) in [6.45, 7) is 0.534. The molecule has 0 fully saturated rings. The zero-order chi connectivity index (χ0) is 16.8. The van der Waals surface area contributed by atoms with E-state index < -0.39 is 12.1 Å². The van der Waals surface area contributed by atoms with E-state index in [1.54, 1.807) is 12.1 Å². The van der Waals surface area contributed by atoms with Gasteiger partial charge in [-0.2, -0.15) is 13.2 Å². The van der Waals surface area contributed by atoms with Crippen LogP contribution in [0.1, 0.15) is 5.56 Å². The highest BCUT2D eigenvalue weighted by Crippen LogP contribution is 2.23. The van der Waals surface area contributed by atoms with Crippen molar-refractivity contribution in [1.29, 1.82) is 0 Å². The van der Waals surface area contributed by atoms with Gasteiger partial charge in [-0.3, -0.25) is 0 Å². The van der Waals surface area contributed by atoms with Crippen molar-refractivity contribution in [3.63, 3.8) is 0 Å². The number of carbonyl (C=O) groups is 1. The number of phenolic OH excluding ortho intramolecular Hbond substituents is 1. The zero-order valence-electron chi connectivity index (χ0n) is 11.3. The normalized spacial score (nSPS) is 10.5. The molecule has 0 bridgehead atoms. The molecule has 0 unspecified atom stereocenters. The first-order valence-corrected chi connectivity index (χ1v) is 6.12. The molecule has 0 radical (unpaired) electrons. The number of carboxylic acids is 1. The predicted octanol–water partition coefficient (Wildman–Crippen LogP) is 3.15. The van der Waals surface area contributed by atoms with Gasteiger partial charge in [-0.25, -0.2) is 4.79 Å². The first-order chi connectivity index (χ1) is 10.2. The van der Waals surface area contributed by atoms with Crippen molar-refractivity contribution in [2.24, 2.45) is 5.73 Å². The molecular formula is C15H14F3NO3. The number of aromatic hydroxyl groups is 1. The first kappa shape index (κ1) is 17.5. The van der Waals surface area contributed by atoms with E-state index in [4.69, 9.17) is 15.6 Å². The maximum atomic E-state index is 10.6. The Morgan fingerprint density at radius 3 is 2.00 bits per heavy atom. The van der Waals surface area contributed by atoms with Gasteiger partial charge < -0.3 is 15.9 Å². The molecule has 0 amide bonds. The van der Waals surface area contributed by atoms with Gasteiger partial charge in [0.15, 0.2) is 0 Å². The second-order valence-electron chi connectivity index (χ2n) is 4.26. The summed E-state index contributed by atoms with van der Waals surface area (Å²) in [6.07, 6.45) is -5.08. The molecule has 0 aliphatic heterocycles. The van der Waals surface area contributed by atoms with Gasteiger partial charge in [0, 0.05) is 6.54 Å². The molecule has 0 saturated heterocycles. The second kappa shape index (κ2) is 7.46. The number of halogens is 3. The number of carboxylic acid groups (broad SMARTS) is 1. The van der Waals surface area contributed by atoms with Gasteiger partial charge in [-0.15, -0.1) is 0 Å². The Morgan fingerprint density at radius 1 is 1.05 bits per heavy atom. The fraction of sp³-hybridized carbons (Fsp3) is 0.133. The molecule has 118 valence electrons. The van der Waals surface area contributed by atoms with E-state index >= 15 is 0 Å². The molecule has 7 heteroatoms. The maximum Gasteiger partial charge on any atom is 0.490 e. The third-order valence-corrected chi connectivity index (χ3v) is 2.58. The van der Waals surface area contributed by atoms with Crippen LogP contribution in [0.3, 0.4) is 0 Å². The van der Waals surface area contributed by atoms with E-state index in [1.165, 1.54) is 0 Å². The van der Waals surface area contributed by atoms with Crippen molar-refractivity contribution in [3.05, 3.63) is 54.1 Å². The molecule has 2 aromatic carbocycles. The summed E-state index contributed by atoms with van der Waals surface area (Å²) in [5, 5.41) is 16.5. The Morgan fingerprint density at radius 2 is 1.55 bits per heavy atom. The highest BCUT2D eigenvalue weighted by Gasteiger charge is 2.38. The van der Waals surface area contributed by atoms with Gasteiger partial charge in [-0.1, -0.05) is 30.3 Å². The average molecular weight is 313 g/mol. The third-order valence-electron chi connectivity index (χ3n) is 2.58. The molecule has 0 aliphatic rings. The van der Waals surface area contributed by atoms with Crippen LogP contribution in [-0.4, -0.2) is 22.4 Å². The standard InChI is InChI=1S/C13H13NO.C2HF3O2/c14-9-10-3-1-4-11(7-10)12-5-2-6-13(15)8-12;3-2(4,5)1(6)7/h1-8,15H,9,14H2;(H,6,7). The lowest BCUT2D eigenvalue weighted by Gasteiger charge is -2.04. The fourth-order valence-electron chi connectivity index (χ4n) is 1.56. The molecule has 0 saturated carbocycles. The fourth-order valence-corrected chi connectivity index (χ4v) is 1.56. The van der Waals surface area contributed by atoms with Crippen LogP contribution >= 0.6 is 0 Å². The number of hydrogen-bond acceptors (Lipinski definition) is 3. The summed E-state index contributed by atoms with van der Waals surface area (Å²) in [4.78, 5) is 8.90. The lowest BCUT2D eigenvalue weighted by Crippen LogP contribution is -2.21. The van der Waals surface area contributed by atoms with Crippen molar-refractivity contribution in [1.82, 2.24) is 0 Å². The van der Waals surface area contributed by atoms with E-state index in [-0.39, 0.29) is 5.75 Å². The minimum Gasteiger partial charge on any atom is -0.508 e. The van der Waals surface area contributed by atoms with Gasteiger partial charge in [0.1, 0.15) is 5.75 Å². The van der Waals surface area contributed by atoms with E-state index in [0.717, 1.165) is 16.7 Å². The van der Waals surface area contributed by atoms with Gasteiger partial charge >= 0.3 is 12.1 Å². The Hall–Kier alpha value is -2.54. The third kappa shape index (κ3) is 5.45. The summed E-state index contributed by atoms with van der Waals surface area (Å²) in [6, 6.07) is 15.2.